The number of carbonyl (C=O) groups is 1. The highest BCUT2D eigenvalue weighted by Gasteiger charge is 2.20. The van der Waals surface area contributed by atoms with Crippen molar-refractivity contribution in [2.75, 3.05) is 11.7 Å². The number of anilines is 1. The second-order valence-electron chi connectivity index (χ2n) is 7.62. The number of thiazole rings is 1. The van der Waals surface area contributed by atoms with Gasteiger partial charge in [0.2, 0.25) is 6.79 Å². The van der Waals surface area contributed by atoms with Gasteiger partial charge in [-0.3, -0.25) is 14.7 Å². The van der Waals surface area contributed by atoms with E-state index in [-0.39, 0.29) is 12.7 Å². The minimum atomic E-state index is -0.165. The quantitative estimate of drug-likeness (QED) is 0.393. The first kappa shape index (κ1) is 20.2. The van der Waals surface area contributed by atoms with Crippen molar-refractivity contribution in [2.45, 2.75) is 20.4 Å². The van der Waals surface area contributed by atoms with Crippen molar-refractivity contribution in [3.63, 3.8) is 0 Å². The molecule has 32 heavy (non-hydrogen) atoms. The third kappa shape index (κ3) is 4.07. The van der Waals surface area contributed by atoms with Crippen LogP contribution in [0.2, 0.25) is 0 Å². The first-order valence-corrected chi connectivity index (χ1v) is 11.1. The van der Waals surface area contributed by atoms with Crippen LogP contribution in [0, 0.1) is 13.8 Å². The van der Waals surface area contributed by atoms with Gasteiger partial charge in [-0.05, 0) is 66.9 Å². The number of rotatable bonds is 5. The molecular formula is C25H21N3O3S. The topological polar surface area (TPSA) is 64.6 Å². The smallest absolute Gasteiger partial charge is 0.253 e. The van der Waals surface area contributed by atoms with Gasteiger partial charge >= 0.3 is 0 Å². The summed E-state index contributed by atoms with van der Waals surface area (Å²) < 4.78 is 11.8. The summed E-state index contributed by atoms with van der Waals surface area (Å²) in [4.78, 5) is 24.2. The summed E-state index contributed by atoms with van der Waals surface area (Å²) in [5.74, 6) is 1.23. The molecule has 1 aliphatic heterocycles. The maximum absolute atomic E-state index is 13.3. The molecule has 1 amide bonds. The van der Waals surface area contributed by atoms with Gasteiger partial charge in [0.25, 0.3) is 5.91 Å². The van der Waals surface area contributed by atoms with Crippen LogP contribution in [-0.4, -0.2) is 22.7 Å². The summed E-state index contributed by atoms with van der Waals surface area (Å²) in [5, 5.41) is 0.652. The van der Waals surface area contributed by atoms with E-state index in [0.29, 0.717) is 23.2 Å². The highest BCUT2D eigenvalue weighted by molar-refractivity contribution is 7.22. The van der Waals surface area contributed by atoms with Crippen LogP contribution < -0.4 is 14.4 Å². The van der Waals surface area contributed by atoms with Gasteiger partial charge < -0.3 is 9.47 Å². The van der Waals surface area contributed by atoms with Crippen LogP contribution in [0.1, 0.15) is 22.4 Å². The third-order valence-corrected chi connectivity index (χ3v) is 6.20. The number of fused-ring (bicyclic) bond motifs is 2. The number of amides is 1. The van der Waals surface area contributed by atoms with Crippen molar-refractivity contribution < 1.29 is 14.3 Å². The Bertz CT molecular complexity index is 1330. The van der Waals surface area contributed by atoms with E-state index in [2.05, 4.69) is 24.0 Å². The van der Waals surface area contributed by atoms with Crippen LogP contribution in [0.4, 0.5) is 5.13 Å². The molecular weight excluding hydrogens is 422 g/mol. The van der Waals surface area contributed by atoms with Crippen molar-refractivity contribution in [2.24, 2.45) is 0 Å². The molecule has 3 heterocycles. The van der Waals surface area contributed by atoms with E-state index in [1.165, 1.54) is 16.9 Å². The predicted molar refractivity (Wildman–Crippen MR) is 126 cm³/mol. The Morgan fingerprint density at radius 2 is 2.00 bits per heavy atom. The van der Waals surface area contributed by atoms with Crippen molar-refractivity contribution >= 4 is 38.7 Å². The second kappa shape index (κ2) is 8.43. The third-order valence-electron chi connectivity index (χ3n) is 5.18. The molecule has 1 aliphatic rings. The largest absolute Gasteiger partial charge is 0.454 e. The van der Waals surface area contributed by atoms with Gasteiger partial charge in [-0.25, -0.2) is 4.98 Å². The van der Waals surface area contributed by atoms with Crippen LogP contribution in [0.15, 0.2) is 60.8 Å². The molecule has 0 N–H and O–H groups in total. The van der Waals surface area contributed by atoms with Gasteiger partial charge in [0.15, 0.2) is 16.6 Å². The van der Waals surface area contributed by atoms with Gasteiger partial charge in [-0.2, -0.15) is 0 Å². The van der Waals surface area contributed by atoms with Crippen LogP contribution in [0.5, 0.6) is 11.5 Å². The molecule has 0 saturated carbocycles. The number of ether oxygens (including phenoxy) is 2. The van der Waals surface area contributed by atoms with Crippen LogP contribution >= 0.6 is 11.3 Å². The van der Waals surface area contributed by atoms with Crippen molar-refractivity contribution in [3.8, 4) is 11.5 Å². The average molecular weight is 444 g/mol. The first-order valence-electron chi connectivity index (χ1n) is 10.2. The van der Waals surface area contributed by atoms with Crippen LogP contribution in [0.3, 0.4) is 0 Å². The molecule has 0 unspecified atom stereocenters. The summed E-state index contributed by atoms with van der Waals surface area (Å²) >= 11 is 1.52. The zero-order chi connectivity index (χ0) is 22.1. The normalized spacial score (nSPS) is 12.6. The van der Waals surface area contributed by atoms with Gasteiger partial charge in [0, 0.05) is 12.3 Å². The van der Waals surface area contributed by atoms with Crippen molar-refractivity contribution in [1.29, 1.82) is 0 Å². The number of pyridine rings is 1. The summed E-state index contributed by atoms with van der Waals surface area (Å²) in [6, 6.07) is 15.5. The second-order valence-corrected chi connectivity index (χ2v) is 8.63. The molecule has 6 nitrogen and oxygen atoms in total. The van der Waals surface area contributed by atoms with E-state index >= 15 is 0 Å². The van der Waals surface area contributed by atoms with Gasteiger partial charge in [0.05, 0.1) is 22.5 Å². The molecule has 0 bridgehead atoms. The SMILES string of the molecule is Cc1cc(C)c2nc(N(Cc3ccccn3)C(=O)/C=C/c3ccc4c(c3)OCO4)sc2c1. The highest BCUT2D eigenvalue weighted by atomic mass is 32.1. The van der Waals surface area contributed by atoms with Crippen LogP contribution in [-0.2, 0) is 11.3 Å². The zero-order valence-electron chi connectivity index (χ0n) is 17.7. The lowest BCUT2D eigenvalue weighted by atomic mass is 10.1. The van der Waals surface area contributed by atoms with Gasteiger partial charge in [-0.1, -0.05) is 29.5 Å². The molecule has 2 aromatic carbocycles. The van der Waals surface area contributed by atoms with E-state index in [1.807, 2.05) is 43.3 Å². The number of hydrogen-bond donors (Lipinski definition) is 0. The molecule has 0 atom stereocenters. The number of aromatic nitrogens is 2. The fourth-order valence-electron chi connectivity index (χ4n) is 3.64. The Kier molecular flexibility index (Phi) is 5.33. The van der Waals surface area contributed by atoms with E-state index < -0.39 is 0 Å². The molecule has 2 aromatic heterocycles. The summed E-state index contributed by atoms with van der Waals surface area (Å²) in [7, 11) is 0. The lowest BCUT2D eigenvalue weighted by Gasteiger charge is -2.17. The lowest BCUT2D eigenvalue weighted by molar-refractivity contribution is -0.114. The lowest BCUT2D eigenvalue weighted by Crippen LogP contribution is -2.29. The molecule has 160 valence electrons. The number of hydrogen-bond acceptors (Lipinski definition) is 6. The monoisotopic (exact) mass is 443 g/mol. The number of aryl methyl sites for hydroxylation is 2. The molecule has 0 radical (unpaired) electrons. The number of nitrogens with zero attached hydrogens (tertiary/aromatic N) is 3. The molecule has 0 saturated heterocycles. The molecule has 4 aromatic rings. The summed E-state index contributed by atoms with van der Waals surface area (Å²) in [6.07, 6.45) is 5.06. The van der Waals surface area contributed by atoms with Gasteiger partial charge in [0.1, 0.15) is 0 Å². The minimum Gasteiger partial charge on any atom is -0.454 e. The Hall–Kier alpha value is -3.71. The summed E-state index contributed by atoms with van der Waals surface area (Å²) in [6.45, 7) is 4.67. The Morgan fingerprint density at radius 1 is 1.12 bits per heavy atom. The number of benzene rings is 2. The van der Waals surface area contributed by atoms with E-state index in [9.17, 15) is 4.79 Å². The Morgan fingerprint density at radius 3 is 2.84 bits per heavy atom. The summed E-state index contributed by atoms with van der Waals surface area (Å²) in [5.41, 5.74) is 4.86. The maximum atomic E-state index is 13.3. The minimum absolute atomic E-state index is 0.165. The van der Waals surface area contributed by atoms with Crippen molar-refractivity contribution in [1.82, 2.24) is 9.97 Å². The fourth-order valence-corrected chi connectivity index (χ4v) is 4.79. The maximum Gasteiger partial charge on any atom is 0.253 e. The number of carbonyl (C=O) groups excluding carboxylic acids is 1. The van der Waals surface area contributed by atoms with Gasteiger partial charge in [-0.15, -0.1) is 0 Å². The Balaban J connectivity index is 1.48. The van der Waals surface area contributed by atoms with Crippen LogP contribution in [0.25, 0.3) is 16.3 Å². The molecule has 0 fully saturated rings. The zero-order valence-corrected chi connectivity index (χ0v) is 18.6. The first-order chi connectivity index (χ1) is 15.6. The van der Waals surface area contributed by atoms with E-state index in [0.717, 1.165) is 27.0 Å². The van der Waals surface area contributed by atoms with E-state index in [4.69, 9.17) is 14.5 Å². The van der Waals surface area contributed by atoms with E-state index in [1.54, 1.807) is 23.2 Å². The highest BCUT2D eigenvalue weighted by Crippen LogP contribution is 2.34. The van der Waals surface area contributed by atoms with Crippen molar-refractivity contribution in [3.05, 3.63) is 83.2 Å². The average Bonchev–Trinajstić information content (AvgIpc) is 3.43. The molecule has 5 rings (SSSR count). The fraction of sp³-hybridized carbons (Fsp3) is 0.160. The predicted octanol–water partition coefficient (Wildman–Crippen LogP) is 5.28. The Labute approximate surface area is 189 Å². The molecule has 0 spiro atoms. The standard InChI is InChI=1S/C25H21N3O3S/c1-16-11-17(2)24-22(12-16)32-25(27-24)28(14-19-5-3-4-10-26-19)23(29)9-7-18-6-8-20-21(13-18)31-15-30-20/h3-13H,14-15H2,1-2H3/b9-7+. The molecule has 0 aliphatic carbocycles. The molecule has 7 heteroatoms.